The quantitative estimate of drug-likeness (QED) is 0.638. The van der Waals surface area contributed by atoms with E-state index >= 15 is 0 Å². The summed E-state index contributed by atoms with van der Waals surface area (Å²) in [5, 5.41) is 6.47. The third-order valence-corrected chi connectivity index (χ3v) is 6.62. The van der Waals surface area contributed by atoms with Gasteiger partial charge in [-0.1, -0.05) is 19.4 Å². The minimum Gasteiger partial charge on any atom is -0.362 e. The minimum absolute atomic E-state index is 0.0150. The molecular formula is C23H41N5O. The highest BCUT2D eigenvalue weighted by Crippen LogP contribution is 2.20. The molecule has 1 amide bonds. The fourth-order valence-electron chi connectivity index (χ4n) is 4.71. The lowest BCUT2D eigenvalue weighted by molar-refractivity contribution is -0.118. The van der Waals surface area contributed by atoms with Crippen LogP contribution in [-0.4, -0.2) is 84.7 Å². The number of nitrogens with zero attached hydrogens (tertiary/aromatic N) is 3. The molecule has 6 nitrogen and oxygen atoms in total. The Morgan fingerprint density at radius 2 is 1.86 bits per heavy atom. The monoisotopic (exact) mass is 403 g/mol. The van der Waals surface area contributed by atoms with Gasteiger partial charge in [0.1, 0.15) is 5.70 Å². The van der Waals surface area contributed by atoms with Crippen molar-refractivity contribution in [2.45, 2.75) is 71.1 Å². The second-order valence-electron chi connectivity index (χ2n) is 8.95. The number of carbonyl (C=O) groups excluding carboxylic acids is 1. The highest BCUT2D eigenvalue weighted by atomic mass is 16.2. The second-order valence-corrected chi connectivity index (χ2v) is 8.95. The summed E-state index contributed by atoms with van der Waals surface area (Å²) in [7, 11) is 0. The number of rotatable bonds is 7. The molecule has 2 N–H and O–H groups in total. The molecule has 6 heteroatoms. The van der Waals surface area contributed by atoms with Crippen LogP contribution < -0.4 is 10.6 Å². The van der Waals surface area contributed by atoms with E-state index in [1.807, 2.05) is 12.2 Å². The number of likely N-dealkylation sites (tertiary alicyclic amines) is 1. The lowest BCUT2D eigenvalue weighted by Crippen LogP contribution is -2.50. The number of amides is 1. The average molecular weight is 404 g/mol. The van der Waals surface area contributed by atoms with E-state index in [4.69, 9.17) is 0 Å². The number of allylic oxidation sites excluding steroid dienone is 2. The first-order valence-electron chi connectivity index (χ1n) is 11.7. The maximum atomic E-state index is 12.4. The number of hydrogen-bond donors (Lipinski definition) is 2. The van der Waals surface area contributed by atoms with Crippen LogP contribution in [0.5, 0.6) is 0 Å². The van der Waals surface area contributed by atoms with Crippen LogP contribution in [0.2, 0.25) is 0 Å². The zero-order valence-electron chi connectivity index (χ0n) is 18.7. The Labute approximate surface area is 177 Å². The SMILES string of the molecule is CCCCNC(=O)C1=CC=CC(N2CCCN(C3CCN(C(C)C)CC3)CC2)N1. The molecule has 0 aromatic rings. The fraction of sp³-hybridized carbons (Fsp3) is 0.783. The van der Waals surface area contributed by atoms with Crippen molar-refractivity contribution >= 4 is 5.91 Å². The van der Waals surface area contributed by atoms with Crippen molar-refractivity contribution in [3.63, 3.8) is 0 Å². The molecule has 3 heterocycles. The highest BCUT2D eigenvalue weighted by Gasteiger charge is 2.29. The second kappa shape index (κ2) is 11.1. The Bertz CT molecular complexity index is 580. The molecule has 0 aromatic heterocycles. The summed E-state index contributed by atoms with van der Waals surface area (Å²) in [6.07, 6.45) is 12.1. The summed E-state index contributed by atoms with van der Waals surface area (Å²) in [5.74, 6) is 0.0150. The molecule has 0 saturated carbocycles. The van der Waals surface area contributed by atoms with E-state index in [0.717, 1.165) is 45.1 Å². The molecule has 0 aromatic carbocycles. The zero-order valence-corrected chi connectivity index (χ0v) is 18.7. The van der Waals surface area contributed by atoms with E-state index in [0.29, 0.717) is 11.7 Å². The van der Waals surface area contributed by atoms with Gasteiger partial charge in [-0.25, -0.2) is 0 Å². The van der Waals surface area contributed by atoms with Crippen molar-refractivity contribution in [1.29, 1.82) is 0 Å². The molecule has 2 saturated heterocycles. The van der Waals surface area contributed by atoms with Gasteiger partial charge in [-0.2, -0.15) is 0 Å². The molecule has 3 rings (SSSR count). The molecule has 3 aliphatic heterocycles. The third kappa shape index (κ3) is 6.30. The van der Waals surface area contributed by atoms with Gasteiger partial charge in [0.2, 0.25) is 0 Å². The van der Waals surface area contributed by atoms with E-state index in [1.165, 1.54) is 38.9 Å². The van der Waals surface area contributed by atoms with Gasteiger partial charge in [0.25, 0.3) is 5.91 Å². The lowest BCUT2D eigenvalue weighted by Gasteiger charge is -2.39. The average Bonchev–Trinajstić information content (AvgIpc) is 3.00. The van der Waals surface area contributed by atoms with Crippen LogP contribution >= 0.6 is 0 Å². The summed E-state index contributed by atoms with van der Waals surface area (Å²) in [5.41, 5.74) is 0.691. The zero-order chi connectivity index (χ0) is 20.6. The van der Waals surface area contributed by atoms with Gasteiger partial charge in [-0.05, 0) is 71.3 Å². The molecule has 0 spiro atoms. The molecule has 3 aliphatic rings. The summed E-state index contributed by atoms with van der Waals surface area (Å²) < 4.78 is 0. The number of dihydropyridines is 1. The Kier molecular flexibility index (Phi) is 8.57. The molecule has 1 unspecified atom stereocenters. The first kappa shape index (κ1) is 22.3. The van der Waals surface area contributed by atoms with E-state index in [1.54, 1.807) is 0 Å². The van der Waals surface area contributed by atoms with Gasteiger partial charge in [0.15, 0.2) is 0 Å². The Hall–Kier alpha value is -1.37. The van der Waals surface area contributed by atoms with Crippen LogP contribution in [0.15, 0.2) is 23.9 Å². The lowest BCUT2D eigenvalue weighted by atomic mass is 10.0. The van der Waals surface area contributed by atoms with Gasteiger partial charge in [0.05, 0.1) is 6.17 Å². The van der Waals surface area contributed by atoms with E-state index in [2.05, 4.69) is 52.2 Å². The maximum absolute atomic E-state index is 12.4. The topological polar surface area (TPSA) is 50.9 Å². The molecule has 1 atom stereocenters. The van der Waals surface area contributed by atoms with Crippen LogP contribution in [0.25, 0.3) is 0 Å². The van der Waals surface area contributed by atoms with Crippen LogP contribution in [-0.2, 0) is 4.79 Å². The van der Waals surface area contributed by atoms with Gasteiger partial charge < -0.3 is 15.5 Å². The predicted octanol–water partition coefficient (Wildman–Crippen LogP) is 2.15. The molecule has 164 valence electrons. The molecule has 29 heavy (non-hydrogen) atoms. The van der Waals surface area contributed by atoms with E-state index in [9.17, 15) is 4.79 Å². The van der Waals surface area contributed by atoms with Crippen molar-refractivity contribution in [3.05, 3.63) is 23.9 Å². The van der Waals surface area contributed by atoms with Crippen molar-refractivity contribution < 1.29 is 4.79 Å². The molecule has 0 bridgehead atoms. The highest BCUT2D eigenvalue weighted by molar-refractivity contribution is 5.93. The first-order chi connectivity index (χ1) is 14.1. The smallest absolute Gasteiger partial charge is 0.267 e. The molecular weight excluding hydrogens is 362 g/mol. The van der Waals surface area contributed by atoms with Crippen LogP contribution in [0.4, 0.5) is 0 Å². The first-order valence-corrected chi connectivity index (χ1v) is 11.7. The maximum Gasteiger partial charge on any atom is 0.267 e. The molecule has 2 fully saturated rings. The normalized spacial score (nSPS) is 25.5. The summed E-state index contributed by atoms with van der Waals surface area (Å²) >= 11 is 0. The number of carbonyl (C=O) groups is 1. The minimum atomic E-state index is 0.0150. The fourth-order valence-corrected chi connectivity index (χ4v) is 4.71. The predicted molar refractivity (Wildman–Crippen MR) is 120 cm³/mol. The number of hydrogen-bond acceptors (Lipinski definition) is 5. The largest absolute Gasteiger partial charge is 0.362 e. The summed E-state index contributed by atoms with van der Waals surface area (Å²) in [6, 6.07) is 1.40. The van der Waals surface area contributed by atoms with Gasteiger partial charge in [-0.3, -0.25) is 14.6 Å². The number of piperidine rings is 1. The van der Waals surface area contributed by atoms with Gasteiger partial charge in [-0.15, -0.1) is 0 Å². The van der Waals surface area contributed by atoms with E-state index in [-0.39, 0.29) is 12.1 Å². The summed E-state index contributed by atoms with van der Waals surface area (Å²) in [6.45, 7) is 14.4. The Morgan fingerprint density at radius 3 is 2.59 bits per heavy atom. The van der Waals surface area contributed by atoms with E-state index < -0.39 is 0 Å². The van der Waals surface area contributed by atoms with Gasteiger partial charge >= 0.3 is 0 Å². The number of unbranched alkanes of at least 4 members (excludes halogenated alkanes) is 1. The number of nitrogens with one attached hydrogen (secondary N) is 2. The van der Waals surface area contributed by atoms with Crippen LogP contribution in [0, 0.1) is 0 Å². The van der Waals surface area contributed by atoms with Crippen molar-refractivity contribution in [3.8, 4) is 0 Å². The molecule has 0 radical (unpaired) electrons. The van der Waals surface area contributed by atoms with Crippen LogP contribution in [0.3, 0.4) is 0 Å². The molecule has 0 aliphatic carbocycles. The summed E-state index contributed by atoms with van der Waals surface area (Å²) in [4.78, 5) is 20.2. The third-order valence-electron chi connectivity index (χ3n) is 6.62. The van der Waals surface area contributed by atoms with Crippen molar-refractivity contribution in [1.82, 2.24) is 25.3 Å². The van der Waals surface area contributed by atoms with Crippen LogP contribution in [0.1, 0.15) is 52.9 Å². The van der Waals surface area contributed by atoms with Crippen molar-refractivity contribution in [2.75, 3.05) is 45.8 Å². The van der Waals surface area contributed by atoms with Gasteiger partial charge in [0, 0.05) is 38.3 Å². The Morgan fingerprint density at radius 1 is 1.14 bits per heavy atom. The standard InChI is InChI=1S/C23H41N5O/c1-4-5-12-24-23(29)21-8-6-9-22(25-21)28-14-7-13-27(17-18-28)20-10-15-26(16-11-20)19(2)3/h6,8-9,19-20,22,25H,4-5,7,10-18H2,1-3H3,(H,24,29). The van der Waals surface area contributed by atoms with Crippen molar-refractivity contribution in [2.24, 2.45) is 0 Å². The Balaban J connectivity index is 1.47.